The van der Waals surface area contributed by atoms with Crippen molar-refractivity contribution in [2.45, 2.75) is 6.23 Å². The molecule has 1 aliphatic rings. The highest BCUT2D eigenvalue weighted by Gasteiger charge is 2.14. The standard InChI is InChI=1S/C5H6BrN2O/c1-8-3-7-2-4(6)5(8)9/h2,5,9H,1H3. The van der Waals surface area contributed by atoms with Gasteiger partial charge in [0.1, 0.15) is 0 Å². The van der Waals surface area contributed by atoms with Gasteiger partial charge in [0.15, 0.2) is 12.6 Å². The van der Waals surface area contributed by atoms with Gasteiger partial charge in [0.05, 0.1) is 4.48 Å². The maximum absolute atomic E-state index is 9.13. The summed E-state index contributed by atoms with van der Waals surface area (Å²) in [5.74, 6) is 0. The molecule has 49 valence electrons. The first-order chi connectivity index (χ1) is 4.22. The van der Waals surface area contributed by atoms with E-state index in [2.05, 4.69) is 27.3 Å². The van der Waals surface area contributed by atoms with Gasteiger partial charge in [-0.2, -0.15) is 0 Å². The summed E-state index contributed by atoms with van der Waals surface area (Å²) >= 11 is 3.13. The van der Waals surface area contributed by atoms with Crippen molar-refractivity contribution in [1.29, 1.82) is 0 Å². The fourth-order valence-electron chi connectivity index (χ4n) is 0.488. The fraction of sp³-hybridized carbons (Fsp3) is 0.400. The van der Waals surface area contributed by atoms with E-state index in [4.69, 9.17) is 5.11 Å². The van der Waals surface area contributed by atoms with Crippen molar-refractivity contribution in [2.75, 3.05) is 7.05 Å². The van der Waals surface area contributed by atoms with Gasteiger partial charge in [-0.1, -0.05) is 0 Å². The number of rotatable bonds is 0. The second kappa shape index (κ2) is 2.49. The zero-order chi connectivity index (χ0) is 6.85. The Balaban J connectivity index is 2.73. The van der Waals surface area contributed by atoms with E-state index >= 15 is 0 Å². The van der Waals surface area contributed by atoms with Crippen molar-refractivity contribution >= 4 is 22.3 Å². The zero-order valence-corrected chi connectivity index (χ0v) is 6.46. The number of nitrogens with zero attached hydrogens (tertiary/aromatic N) is 2. The SMILES string of the molecule is CN1[C]=NC=C(Br)C1O. The molecule has 0 aromatic heterocycles. The third-order valence-corrected chi connectivity index (χ3v) is 1.63. The van der Waals surface area contributed by atoms with Crippen molar-refractivity contribution in [3.05, 3.63) is 10.7 Å². The topological polar surface area (TPSA) is 35.8 Å². The van der Waals surface area contributed by atoms with Crippen LogP contribution in [0.15, 0.2) is 15.7 Å². The molecule has 1 heterocycles. The minimum absolute atomic E-state index is 0.623. The Bertz CT molecular complexity index is 166. The molecule has 9 heavy (non-hydrogen) atoms. The fourth-order valence-corrected chi connectivity index (χ4v) is 0.897. The van der Waals surface area contributed by atoms with Gasteiger partial charge in [-0.3, -0.25) is 0 Å². The molecule has 0 aliphatic carbocycles. The molecule has 1 N–H and O–H groups in total. The molecular formula is C5H6BrN2O. The number of hydrogen-bond acceptors (Lipinski definition) is 3. The number of aliphatic imine (C=N–C) groups is 1. The molecule has 1 radical (unpaired) electrons. The molecule has 1 atom stereocenters. The van der Waals surface area contributed by atoms with Gasteiger partial charge in [0, 0.05) is 13.2 Å². The van der Waals surface area contributed by atoms with Crippen LogP contribution in [0, 0.1) is 0 Å². The van der Waals surface area contributed by atoms with Gasteiger partial charge in [-0.15, -0.1) is 0 Å². The van der Waals surface area contributed by atoms with E-state index in [1.165, 1.54) is 11.1 Å². The van der Waals surface area contributed by atoms with Gasteiger partial charge in [0.2, 0.25) is 0 Å². The van der Waals surface area contributed by atoms with Crippen LogP contribution in [0.3, 0.4) is 0 Å². The van der Waals surface area contributed by atoms with Gasteiger partial charge < -0.3 is 10.0 Å². The number of aliphatic hydroxyl groups is 1. The number of hydrogen-bond donors (Lipinski definition) is 1. The van der Waals surface area contributed by atoms with Crippen molar-refractivity contribution in [3.63, 3.8) is 0 Å². The highest BCUT2D eigenvalue weighted by atomic mass is 79.9. The van der Waals surface area contributed by atoms with E-state index < -0.39 is 6.23 Å². The quantitative estimate of drug-likeness (QED) is 0.599. The maximum atomic E-state index is 9.13. The molecule has 0 spiro atoms. The van der Waals surface area contributed by atoms with Crippen LogP contribution in [0.25, 0.3) is 0 Å². The molecule has 3 nitrogen and oxygen atoms in total. The van der Waals surface area contributed by atoms with Crippen LogP contribution in [-0.4, -0.2) is 29.6 Å². The molecule has 0 saturated carbocycles. The van der Waals surface area contributed by atoms with Gasteiger partial charge in [-0.25, -0.2) is 4.99 Å². The van der Waals surface area contributed by atoms with E-state index in [1.54, 1.807) is 7.05 Å². The summed E-state index contributed by atoms with van der Waals surface area (Å²) in [6, 6.07) is 0. The Morgan fingerprint density at radius 2 is 2.67 bits per heavy atom. The summed E-state index contributed by atoms with van der Waals surface area (Å²) in [7, 11) is 1.70. The third-order valence-electron chi connectivity index (χ3n) is 1.02. The normalized spacial score (nSPS) is 26.3. The molecule has 0 fully saturated rings. The van der Waals surface area contributed by atoms with Crippen LogP contribution in [-0.2, 0) is 0 Å². The van der Waals surface area contributed by atoms with E-state index in [0.29, 0.717) is 4.48 Å². The van der Waals surface area contributed by atoms with E-state index in [0.717, 1.165) is 0 Å². The van der Waals surface area contributed by atoms with Crippen LogP contribution in [0.1, 0.15) is 0 Å². The first-order valence-electron chi connectivity index (χ1n) is 2.44. The van der Waals surface area contributed by atoms with Crippen LogP contribution in [0.2, 0.25) is 0 Å². The lowest BCUT2D eigenvalue weighted by atomic mass is 10.4. The predicted octanol–water partition coefficient (Wildman–Crippen LogP) is 0.392. The Kier molecular flexibility index (Phi) is 1.87. The minimum atomic E-state index is -0.623. The Hall–Kier alpha value is -0.350. The summed E-state index contributed by atoms with van der Waals surface area (Å²) in [4.78, 5) is 5.17. The largest absolute Gasteiger partial charge is 0.369 e. The molecule has 1 rings (SSSR count). The second-order valence-electron chi connectivity index (χ2n) is 1.73. The Morgan fingerprint density at radius 3 is 3.11 bits per heavy atom. The molecule has 1 aliphatic heterocycles. The van der Waals surface area contributed by atoms with Crippen LogP contribution in [0.5, 0.6) is 0 Å². The summed E-state index contributed by atoms with van der Waals surface area (Å²) in [5.41, 5.74) is 0. The number of halogens is 1. The molecule has 0 aromatic rings. The molecule has 4 heteroatoms. The lowest BCUT2D eigenvalue weighted by molar-refractivity contribution is 0.113. The third kappa shape index (κ3) is 1.31. The van der Waals surface area contributed by atoms with E-state index in [1.807, 2.05) is 0 Å². The molecule has 0 aromatic carbocycles. The Labute approximate surface area is 61.8 Å². The Morgan fingerprint density at radius 1 is 2.00 bits per heavy atom. The first kappa shape index (κ1) is 6.77. The molecule has 1 unspecified atom stereocenters. The first-order valence-corrected chi connectivity index (χ1v) is 3.23. The molecule has 0 bridgehead atoms. The summed E-state index contributed by atoms with van der Waals surface area (Å²) in [5, 5.41) is 9.13. The van der Waals surface area contributed by atoms with Gasteiger partial charge in [-0.05, 0) is 15.9 Å². The highest BCUT2D eigenvalue weighted by molar-refractivity contribution is 9.11. The van der Waals surface area contributed by atoms with Crippen molar-refractivity contribution in [1.82, 2.24) is 4.90 Å². The summed E-state index contributed by atoms with van der Waals surface area (Å²) in [6.07, 6.45) is 3.46. The summed E-state index contributed by atoms with van der Waals surface area (Å²) in [6.45, 7) is 0. The van der Waals surface area contributed by atoms with E-state index in [9.17, 15) is 0 Å². The van der Waals surface area contributed by atoms with Crippen molar-refractivity contribution < 1.29 is 5.11 Å². The van der Waals surface area contributed by atoms with Crippen molar-refractivity contribution in [3.8, 4) is 0 Å². The molecule has 0 saturated heterocycles. The van der Waals surface area contributed by atoms with Gasteiger partial charge in [0.25, 0.3) is 0 Å². The van der Waals surface area contributed by atoms with Crippen LogP contribution < -0.4 is 0 Å². The lowest BCUT2D eigenvalue weighted by Crippen LogP contribution is -2.31. The maximum Gasteiger partial charge on any atom is 0.174 e. The smallest absolute Gasteiger partial charge is 0.174 e. The predicted molar refractivity (Wildman–Crippen MR) is 38.2 cm³/mol. The monoisotopic (exact) mass is 189 g/mol. The van der Waals surface area contributed by atoms with Crippen molar-refractivity contribution in [2.24, 2.45) is 4.99 Å². The van der Waals surface area contributed by atoms with Crippen LogP contribution >= 0.6 is 15.9 Å². The molecule has 0 amide bonds. The zero-order valence-electron chi connectivity index (χ0n) is 4.87. The lowest BCUT2D eigenvalue weighted by Gasteiger charge is -2.21. The van der Waals surface area contributed by atoms with Gasteiger partial charge >= 0.3 is 0 Å². The average molecular weight is 190 g/mol. The summed E-state index contributed by atoms with van der Waals surface area (Å²) < 4.78 is 0.656. The minimum Gasteiger partial charge on any atom is -0.369 e. The second-order valence-corrected chi connectivity index (χ2v) is 2.64. The molecular weight excluding hydrogens is 184 g/mol. The van der Waals surface area contributed by atoms with Crippen LogP contribution in [0.4, 0.5) is 0 Å². The number of aliphatic hydroxyl groups excluding tert-OH is 1. The highest BCUT2D eigenvalue weighted by Crippen LogP contribution is 2.15. The average Bonchev–Trinajstić information content (AvgIpc) is 1.83. The van der Waals surface area contributed by atoms with E-state index in [-0.39, 0.29) is 0 Å². The number of likely N-dealkylation sites (N-methyl/N-ethyl adjacent to an activating group) is 1.